The zero-order valence-corrected chi connectivity index (χ0v) is 16.1. The molecule has 0 radical (unpaired) electrons. The molecular weight excluding hydrogens is 350 g/mol. The Hall–Kier alpha value is -3.60. The van der Waals surface area contributed by atoms with Gasteiger partial charge in [-0.05, 0) is 62.4 Å². The van der Waals surface area contributed by atoms with Gasteiger partial charge in [-0.25, -0.2) is 4.98 Å². The second kappa shape index (κ2) is 7.19. The third-order valence-corrected chi connectivity index (χ3v) is 4.79. The molecule has 0 atom stereocenters. The number of aryl methyl sites for hydroxylation is 2. The van der Waals surface area contributed by atoms with Crippen LogP contribution in [0.25, 0.3) is 16.9 Å². The molecule has 0 aliphatic carbocycles. The highest BCUT2D eigenvalue weighted by Crippen LogP contribution is 2.26. The summed E-state index contributed by atoms with van der Waals surface area (Å²) >= 11 is 0. The number of aromatic nitrogens is 2. The van der Waals surface area contributed by atoms with Crippen LogP contribution in [0.4, 0.5) is 5.69 Å². The second-order valence-electron chi connectivity index (χ2n) is 6.74. The molecule has 2 heterocycles. The normalized spacial score (nSPS) is 10.8. The van der Waals surface area contributed by atoms with E-state index in [1.165, 1.54) is 0 Å². The minimum atomic E-state index is -0.132. The molecule has 0 unspecified atom stereocenters. The van der Waals surface area contributed by atoms with Crippen molar-refractivity contribution in [3.05, 3.63) is 83.7 Å². The molecule has 0 saturated heterocycles. The topological polar surface area (TPSA) is 55.6 Å². The molecular formula is C23H21N3O2. The predicted octanol–water partition coefficient (Wildman–Crippen LogP) is 4.88. The molecule has 1 N–H and O–H groups in total. The summed E-state index contributed by atoms with van der Waals surface area (Å²) < 4.78 is 7.21. The van der Waals surface area contributed by atoms with Crippen molar-refractivity contribution < 1.29 is 9.53 Å². The first-order valence-electron chi connectivity index (χ1n) is 9.06. The van der Waals surface area contributed by atoms with Crippen LogP contribution in [-0.4, -0.2) is 22.4 Å². The molecule has 4 aromatic rings. The highest BCUT2D eigenvalue weighted by atomic mass is 16.5. The zero-order valence-electron chi connectivity index (χ0n) is 16.1. The van der Waals surface area contributed by atoms with E-state index in [0.717, 1.165) is 39.6 Å². The standard InChI is InChI=1S/C23H21N3O2/c1-15-4-6-18(7-5-15)23(27)24-19-10-13-21-25-22(16(2)26(21)14-19)17-8-11-20(28-3)12-9-17/h4-14H,1-3H3,(H,24,27). The van der Waals surface area contributed by atoms with Gasteiger partial charge < -0.3 is 14.5 Å². The van der Waals surface area contributed by atoms with E-state index in [0.29, 0.717) is 5.56 Å². The van der Waals surface area contributed by atoms with Gasteiger partial charge in [-0.2, -0.15) is 0 Å². The molecule has 5 nitrogen and oxygen atoms in total. The number of nitrogens with zero attached hydrogens (tertiary/aromatic N) is 2. The summed E-state index contributed by atoms with van der Waals surface area (Å²) in [5.74, 6) is 0.679. The molecule has 2 aromatic carbocycles. The summed E-state index contributed by atoms with van der Waals surface area (Å²) in [6.07, 6.45) is 1.90. The van der Waals surface area contributed by atoms with E-state index in [9.17, 15) is 4.79 Å². The fourth-order valence-electron chi connectivity index (χ4n) is 3.17. The minimum absolute atomic E-state index is 0.132. The van der Waals surface area contributed by atoms with Gasteiger partial charge in [0.15, 0.2) is 0 Å². The van der Waals surface area contributed by atoms with E-state index in [4.69, 9.17) is 9.72 Å². The van der Waals surface area contributed by atoms with Crippen molar-refractivity contribution in [3.63, 3.8) is 0 Å². The van der Waals surface area contributed by atoms with Crippen LogP contribution in [0, 0.1) is 13.8 Å². The molecule has 2 aromatic heterocycles. The van der Waals surface area contributed by atoms with Gasteiger partial charge in [0, 0.05) is 23.0 Å². The fraction of sp³-hybridized carbons (Fsp3) is 0.130. The van der Waals surface area contributed by atoms with E-state index in [-0.39, 0.29) is 5.91 Å². The van der Waals surface area contributed by atoms with Crippen molar-refractivity contribution in [1.82, 2.24) is 9.38 Å². The lowest BCUT2D eigenvalue weighted by Crippen LogP contribution is -2.12. The summed E-state index contributed by atoms with van der Waals surface area (Å²) in [5.41, 5.74) is 6.24. The molecule has 0 spiro atoms. The van der Waals surface area contributed by atoms with Crippen LogP contribution in [0.1, 0.15) is 21.6 Å². The van der Waals surface area contributed by atoms with Gasteiger partial charge in [-0.3, -0.25) is 4.79 Å². The summed E-state index contributed by atoms with van der Waals surface area (Å²) in [7, 11) is 1.65. The third-order valence-electron chi connectivity index (χ3n) is 4.79. The molecule has 1 amide bonds. The van der Waals surface area contributed by atoms with Crippen LogP contribution in [0.2, 0.25) is 0 Å². The first kappa shape index (κ1) is 17.8. The average Bonchev–Trinajstić information content (AvgIpc) is 3.05. The van der Waals surface area contributed by atoms with Crippen LogP contribution in [0.3, 0.4) is 0 Å². The van der Waals surface area contributed by atoms with Crippen molar-refractivity contribution in [2.24, 2.45) is 0 Å². The Morgan fingerprint density at radius 3 is 2.36 bits per heavy atom. The maximum absolute atomic E-state index is 12.5. The smallest absolute Gasteiger partial charge is 0.255 e. The van der Waals surface area contributed by atoms with E-state index >= 15 is 0 Å². The van der Waals surface area contributed by atoms with E-state index < -0.39 is 0 Å². The summed E-state index contributed by atoms with van der Waals surface area (Å²) in [6.45, 7) is 4.02. The van der Waals surface area contributed by atoms with Crippen molar-refractivity contribution in [3.8, 4) is 17.0 Å². The molecule has 4 rings (SSSR count). The van der Waals surface area contributed by atoms with Gasteiger partial charge in [0.05, 0.1) is 18.5 Å². The Kier molecular flexibility index (Phi) is 4.57. The van der Waals surface area contributed by atoms with Crippen LogP contribution < -0.4 is 10.1 Å². The van der Waals surface area contributed by atoms with Crippen LogP contribution in [-0.2, 0) is 0 Å². The lowest BCUT2D eigenvalue weighted by Gasteiger charge is -2.07. The molecule has 28 heavy (non-hydrogen) atoms. The van der Waals surface area contributed by atoms with Crippen LogP contribution in [0.5, 0.6) is 5.75 Å². The third kappa shape index (κ3) is 3.34. The molecule has 0 aliphatic heterocycles. The number of hydrogen-bond acceptors (Lipinski definition) is 3. The summed E-state index contributed by atoms with van der Waals surface area (Å²) in [6, 6.07) is 19.1. The van der Waals surface area contributed by atoms with Crippen molar-refractivity contribution in [2.75, 3.05) is 12.4 Å². The minimum Gasteiger partial charge on any atom is -0.497 e. The predicted molar refractivity (Wildman–Crippen MR) is 111 cm³/mol. The van der Waals surface area contributed by atoms with Gasteiger partial charge in [0.2, 0.25) is 0 Å². The Balaban J connectivity index is 1.64. The number of hydrogen-bond donors (Lipinski definition) is 1. The molecule has 0 saturated carbocycles. The van der Waals surface area contributed by atoms with E-state index in [1.54, 1.807) is 7.11 Å². The summed E-state index contributed by atoms with van der Waals surface area (Å²) in [5, 5.41) is 2.96. The number of amides is 1. The molecule has 0 aliphatic rings. The zero-order chi connectivity index (χ0) is 19.7. The van der Waals surface area contributed by atoms with Crippen LogP contribution >= 0.6 is 0 Å². The van der Waals surface area contributed by atoms with Crippen molar-refractivity contribution in [1.29, 1.82) is 0 Å². The lowest BCUT2D eigenvalue weighted by atomic mass is 10.1. The number of fused-ring (bicyclic) bond motifs is 1. The molecule has 0 bridgehead atoms. The number of ether oxygens (including phenoxy) is 1. The Morgan fingerprint density at radius 1 is 0.964 bits per heavy atom. The molecule has 0 fully saturated rings. The number of imidazole rings is 1. The molecule has 140 valence electrons. The van der Waals surface area contributed by atoms with Gasteiger partial charge in [-0.15, -0.1) is 0 Å². The van der Waals surface area contributed by atoms with Gasteiger partial charge in [0.1, 0.15) is 11.4 Å². The Bertz CT molecular complexity index is 1140. The van der Waals surface area contributed by atoms with E-state index in [1.807, 2.05) is 85.1 Å². The molecule has 5 heteroatoms. The number of carbonyl (C=O) groups excluding carboxylic acids is 1. The largest absolute Gasteiger partial charge is 0.497 e. The summed E-state index contributed by atoms with van der Waals surface area (Å²) in [4.78, 5) is 17.2. The number of benzene rings is 2. The monoisotopic (exact) mass is 371 g/mol. The highest BCUT2D eigenvalue weighted by molar-refractivity contribution is 6.04. The van der Waals surface area contributed by atoms with Crippen molar-refractivity contribution in [2.45, 2.75) is 13.8 Å². The maximum atomic E-state index is 12.5. The number of nitrogens with one attached hydrogen (secondary N) is 1. The highest BCUT2D eigenvalue weighted by Gasteiger charge is 2.12. The van der Waals surface area contributed by atoms with E-state index in [2.05, 4.69) is 5.32 Å². The second-order valence-corrected chi connectivity index (χ2v) is 6.74. The quantitative estimate of drug-likeness (QED) is 0.556. The average molecular weight is 371 g/mol. The lowest BCUT2D eigenvalue weighted by molar-refractivity contribution is 0.102. The Morgan fingerprint density at radius 2 is 1.68 bits per heavy atom. The first-order valence-corrected chi connectivity index (χ1v) is 9.06. The fourth-order valence-corrected chi connectivity index (χ4v) is 3.17. The van der Waals surface area contributed by atoms with Crippen molar-refractivity contribution >= 4 is 17.2 Å². The SMILES string of the molecule is COc1ccc(-c2nc3ccc(NC(=O)c4ccc(C)cc4)cn3c2C)cc1. The first-order chi connectivity index (χ1) is 13.5. The maximum Gasteiger partial charge on any atom is 0.255 e. The number of carbonyl (C=O) groups is 1. The number of rotatable bonds is 4. The number of pyridine rings is 1. The van der Waals surface area contributed by atoms with Gasteiger partial charge in [0.25, 0.3) is 5.91 Å². The van der Waals surface area contributed by atoms with Gasteiger partial charge >= 0.3 is 0 Å². The number of anilines is 1. The number of methoxy groups -OCH3 is 1. The van der Waals surface area contributed by atoms with Gasteiger partial charge in [-0.1, -0.05) is 17.7 Å². The van der Waals surface area contributed by atoms with Crippen LogP contribution in [0.15, 0.2) is 66.9 Å². The Labute approximate surface area is 163 Å².